The molecule has 1 aliphatic carbocycles. The van der Waals surface area contributed by atoms with Gasteiger partial charge in [0.05, 0.1) is 30.7 Å². The number of rotatable bonds is 8. The van der Waals surface area contributed by atoms with Crippen LogP contribution in [0.25, 0.3) is 27.8 Å². The summed E-state index contributed by atoms with van der Waals surface area (Å²) in [7, 11) is 3.75. The van der Waals surface area contributed by atoms with Gasteiger partial charge in [0.25, 0.3) is 0 Å². The zero-order valence-electron chi connectivity index (χ0n) is 27.8. The van der Waals surface area contributed by atoms with E-state index in [2.05, 4.69) is 56.9 Å². The van der Waals surface area contributed by atoms with E-state index in [0.29, 0.717) is 23.5 Å². The SMILES string of the molecule is C/C=C\C(Nc1nc(Nc2cc3c(cc2OC)N(C2CCCCC2)CCc2c-3cnn2C)ncc1-n1nnc2ccccc21)=C(C)C. The van der Waals surface area contributed by atoms with Crippen molar-refractivity contribution >= 4 is 34.2 Å². The Morgan fingerprint density at radius 1 is 1.02 bits per heavy atom. The number of benzene rings is 2. The van der Waals surface area contributed by atoms with E-state index in [1.54, 1.807) is 18.0 Å². The van der Waals surface area contributed by atoms with Gasteiger partial charge in [-0.3, -0.25) is 4.68 Å². The van der Waals surface area contributed by atoms with Gasteiger partial charge in [0, 0.05) is 60.3 Å². The second-order valence-corrected chi connectivity index (χ2v) is 12.5. The first-order chi connectivity index (χ1) is 22.9. The van der Waals surface area contributed by atoms with Crippen molar-refractivity contribution < 1.29 is 4.74 Å². The highest BCUT2D eigenvalue weighted by Gasteiger charge is 2.30. The first kappa shape index (κ1) is 30.5. The third-order valence-corrected chi connectivity index (χ3v) is 9.30. The Bertz CT molecular complexity index is 1980. The van der Waals surface area contributed by atoms with E-state index in [1.165, 1.54) is 43.5 Å². The van der Waals surface area contributed by atoms with Crippen molar-refractivity contribution in [1.29, 1.82) is 0 Å². The number of nitrogens with one attached hydrogen (secondary N) is 2. The molecular formula is C36H42N10O. The first-order valence-corrected chi connectivity index (χ1v) is 16.5. The molecule has 1 fully saturated rings. The predicted molar refractivity (Wildman–Crippen MR) is 188 cm³/mol. The lowest BCUT2D eigenvalue weighted by Gasteiger charge is -2.36. The molecule has 0 spiro atoms. The molecule has 0 saturated heterocycles. The fraction of sp³-hybridized carbons (Fsp3) is 0.361. The lowest BCUT2D eigenvalue weighted by molar-refractivity contribution is 0.409. The number of ether oxygens (including phenoxy) is 1. The smallest absolute Gasteiger partial charge is 0.229 e. The summed E-state index contributed by atoms with van der Waals surface area (Å²) in [6.07, 6.45) is 15.1. The van der Waals surface area contributed by atoms with Crippen molar-refractivity contribution in [2.75, 3.05) is 29.2 Å². The van der Waals surface area contributed by atoms with Crippen LogP contribution >= 0.6 is 0 Å². The molecule has 0 atom stereocenters. The molecule has 2 aromatic carbocycles. The van der Waals surface area contributed by atoms with E-state index >= 15 is 0 Å². The molecule has 0 amide bonds. The lowest BCUT2D eigenvalue weighted by atomic mass is 9.93. The van der Waals surface area contributed by atoms with Gasteiger partial charge in [0.1, 0.15) is 17.0 Å². The number of aromatic nitrogens is 7. The zero-order chi connectivity index (χ0) is 32.5. The van der Waals surface area contributed by atoms with Crippen LogP contribution in [-0.2, 0) is 13.5 Å². The largest absolute Gasteiger partial charge is 0.494 e. The maximum Gasteiger partial charge on any atom is 0.229 e. The van der Waals surface area contributed by atoms with Gasteiger partial charge in [-0.15, -0.1) is 5.10 Å². The minimum Gasteiger partial charge on any atom is -0.494 e. The van der Waals surface area contributed by atoms with Crippen LogP contribution in [0.2, 0.25) is 0 Å². The normalized spacial score (nSPS) is 15.0. The van der Waals surface area contributed by atoms with Crippen LogP contribution in [0.5, 0.6) is 5.75 Å². The number of hydrogen-bond acceptors (Lipinski definition) is 9. The third-order valence-electron chi connectivity index (χ3n) is 9.30. The van der Waals surface area contributed by atoms with E-state index in [9.17, 15) is 0 Å². The summed E-state index contributed by atoms with van der Waals surface area (Å²) in [6.45, 7) is 7.08. The Morgan fingerprint density at radius 3 is 2.64 bits per heavy atom. The minimum atomic E-state index is 0.427. The van der Waals surface area contributed by atoms with Crippen molar-refractivity contribution in [1.82, 2.24) is 34.7 Å². The molecule has 0 radical (unpaired) electrons. The molecule has 11 heteroatoms. The molecule has 2 N–H and O–H groups in total. The molecule has 242 valence electrons. The van der Waals surface area contributed by atoms with Gasteiger partial charge in [-0.1, -0.05) is 48.3 Å². The molecule has 5 aromatic rings. The summed E-state index contributed by atoms with van der Waals surface area (Å²) < 4.78 is 9.81. The van der Waals surface area contributed by atoms with Crippen molar-refractivity contribution in [2.45, 2.75) is 65.3 Å². The van der Waals surface area contributed by atoms with Crippen molar-refractivity contribution in [3.63, 3.8) is 0 Å². The number of aryl methyl sites for hydroxylation is 1. The summed E-state index contributed by atoms with van der Waals surface area (Å²) >= 11 is 0. The third kappa shape index (κ3) is 5.82. The van der Waals surface area contributed by atoms with Gasteiger partial charge in [-0.25, -0.2) is 9.67 Å². The van der Waals surface area contributed by atoms with Gasteiger partial charge in [-0.2, -0.15) is 10.1 Å². The second kappa shape index (κ2) is 12.9. The molecule has 1 saturated carbocycles. The quantitative estimate of drug-likeness (QED) is 0.170. The van der Waals surface area contributed by atoms with Crippen molar-refractivity contribution in [2.24, 2.45) is 7.05 Å². The molecule has 1 aliphatic heterocycles. The van der Waals surface area contributed by atoms with Crippen LogP contribution in [0.1, 0.15) is 58.6 Å². The molecule has 4 heterocycles. The number of anilines is 4. The van der Waals surface area contributed by atoms with Crippen molar-refractivity contribution in [3.05, 3.63) is 77.9 Å². The molecule has 7 rings (SSSR count). The topological polar surface area (TPSA) is 111 Å². The average Bonchev–Trinajstić information content (AvgIpc) is 3.64. The summed E-state index contributed by atoms with van der Waals surface area (Å²) in [5.74, 6) is 1.76. The Balaban J connectivity index is 1.32. The number of nitrogens with zero attached hydrogens (tertiary/aromatic N) is 8. The van der Waals surface area contributed by atoms with Crippen LogP contribution in [-0.4, -0.2) is 54.4 Å². The van der Waals surface area contributed by atoms with Gasteiger partial charge < -0.3 is 20.3 Å². The zero-order valence-corrected chi connectivity index (χ0v) is 27.8. The number of methoxy groups -OCH3 is 1. The summed E-state index contributed by atoms with van der Waals surface area (Å²) in [5.41, 5.74) is 9.93. The molecule has 47 heavy (non-hydrogen) atoms. The number of fused-ring (bicyclic) bond motifs is 4. The highest BCUT2D eigenvalue weighted by Crippen LogP contribution is 2.45. The van der Waals surface area contributed by atoms with Crippen LogP contribution in [0.3, 0.4) is 0 Å². The molecule has 0 unspecified atom stereocenters. The van der Waals surface area contributed by atoms with E-state index in [0.717, 1.165) is 57.8 Å². The fourth-order valence-electron chi connectivity index (χ4n) is 6.87. The van der Waals surface area contributed by atoms with Gasteiger partial charge in [0.2, 0.25) is 5.95 Å². The Hall–Kier alpha value is -5.19. The molecule has 2 aliphatic rings. The maximum absolute atomic E-state index is 6.02. The van der Waals surface area contributed by atoms with E-state index in [-0.39, 0.29) is 0 Å². The fourth-order valence-corrected chi connectivity index (χ4v) is 6.87. The van der Waals surface area contributed by atoms with E-state index in [4.69, 9.17) is 14.7 Å². The molecule has 11 nitrogen and oxygen atoms in total. The predicted octanol–water partition coefficient (Wildman–Crippen LogP) is 7.34. The Kier molecular flexibility index (Phi) is 8.36. The monoisotopic (exact) mass is 630 g/mol. The van der Waals surface area contributed by atoms with Crippen LogP contribution < -0.4 is 20.3 Å². The van der Waals surface area contributed by atoms with Crippen LogP contribution in [0.15, 0.2) is 72.2 Å². The highest BCUT2D eigenvalue weighted by atomic mass is 16.5. The van der Waals surface area contributed by atoms with E-state index < -0.39 is 0 Å². The van der Waals surface area contributed by atoms with Gasteiger partial charge in [0.15, 0.2) is 5.82 Å². The lowest BCUT2D eigenvalue weighted by Crippen LogP contribution is -2.38. The number of hydrogen-bond donors (Lipinski definition) is 2. The number of para-hydroxylation sites is 1. The standard InChI is InChI=1S/C36H42N10O/c1-6-12-27(23(2)3)39-35-33(46-31-16-11-10-15-28(31)42-43-46)22-37-36(41-35)40-29-19-25-26-21-38-44(4)30(26)17-18-45(24-13-8-7-9-14-24)32(25)20-34(29)47-5/h6,10-12,15-16,19-22,24H,7-9,13-14,17-18H2,1-5H3,(H2,37,39,40,41)/b12-6-. The first-order valence-electron chi connectivity index (χ1n) is 16.5. The average molecular weight is 631 g/mol. The molecular weight excluding hydrogens is 588 g/mol. The van der Waals surface area contributed by atoms with Crippen molar-refractivity contribution in [3.8, 4) is 22.6 Å². The summed E-state index contributed by atoms with van der Waals surface area (Å²) in [4.78, 5) is 12.4. The highest BCUT2D eigenvalue weighted by molar-refractivity contribution is 5.87. The van der Waals surface area contributed by atoms with E-state index in [1.807, 2.05) is 61.3 Å². The maximum atomic E-state index is 6.02. The Labute approximate surface area is 275 Å². The van der Waals surface area contributed by atoms with Crippen LogP contribution in [0, 0.1) is 0 Å². The second-order valence-electron chi connectivity index (χ2n) is 12.5. The molecule has 3 aromatic heterocycles. The van der Waals surface area contributed by atoms with Gasteiger partial charge >= 0.3 is 0 Å². The summed E-state index contributed by atoms with van der Waals surface area (Å²) in [6, 6.07) is 12.7. The van der Waals surface area contributed by atoms with Crippen LogP contribution in [0.4, 0.5) is 23.1 Å². The molecule has 0 bridgehead atoms. The minimum absolute atomic E-state index is 0.427. The number of allylic oxidation sites excluding steroid dienone is 3. The summed E-state index contributed by atoms with van der Waals surface area (Å²) in [5, 5.41) is 20.5. The van der Waals surface area contributed by atoms with Gasteiger partial charge in [-0.05, 0) is 57.9 Å². The Morgan fingerprint density at radius 2 is 1.85 bits per heavy atom.